The van der Waals surface area contributed by atoms with Crippen molar-refractivity contribution in [3.05, 3.63) is 18.5 Å². The number of carbonyl (C=O) groups is 1. The molecule has 5 heteroatoms. The molecule has 1 aromatic heterocycles. The maximum Gasteiger partial charge on any atom is 0.224 e. The van der Waals surface area contributed by atoms with Crippen LogP contribution in [0.2, 0.25) is 0 Å². The van der Waals surface area contributed by atoms with Crippen molar-refractivity contribution in [2.45, 2.75) is 19.9 Å². The molecule has 0 bridgehead atoms. The maximum absolute atomic E-state index is 11.8. The van der Waals surface area contributed by atoms with Crippen LogP contribution in [-0.2, 0) is 11.3 Å². The van der Waals surface area contributed by atoms with Gasteiger partial charge in [0, 0.05) is 32.0 Å². The number of aryl methyl sites for hydroxylation is 1. The van der Waals surface area contributed by atoms with Gasteiger partial charge in [0.1, 0.15) is 0 Å². The van der Waals surface area contributed by atoms with Gasteiger partial charge < -0.3 is 10.6 Å². The molecule has 0 radical (unpaired) electrons. The smallest absolute Gasteiger partial charge is 0.224 e. The summed E-state index contributed by atoms with van der Waals surface area (Å²) >= 11 is 0. The molecule has 1 aromatic rings. The predicted octanol–water partition coefficient (Wildman–Crippen LogP) is 0.245. The van der Waals surface area contributed by atoms with Crippen LogP contribution in [0.5, 0.6) is 0 Å². The topological polar surface area (TPSA) is 59.0 Å². The highest BCUT2D eigenvalue weighted by atomic mass is 16.1. The standard InChI is InChI=1S/C12H20N4O/c1-10-8-13-9-11(10)12(17)14-4-2-6-16-7-3-5-15-16/h3,5,7,10-11,13H,2,4,6,8-9H2,1H3,(H,14,17). The van der Waals surface area contributed by atoms with E-state index in [1.807, 2.05) is 16.9 Å². The molecule has 2 N–H and O–H groups in total. The molecule has 5 nitrogen and oxygen atoms in total. The molecule has 2 heterocycles. The second kappa shape index (κ2) is 5.82. The van der Waals surface area contributed by atoms with E-state index in [1.165, 1.54) is 0 Å². The van der Waals surface area contributed by atoms with Crippen molar-refractivity contribution in [3.8, 4) is 0 Å². The van der Waals surface area contributed by atoms with Crippen LogP contribution in [0, 0.1) is 11.8 Å². The van der Waals surface area contributed by atoms with Gasteiger partial charge in [-0.1, -0.05) is 6.92 Å². The van der Waals surface area contributed by atoms with E-state index in [1.54, 1.807) is 6.20 Å². The summed E-state index contributed by atoms with van der Waals surface area (Å²) in [4.78, 5) is 11.8. The van der Waals surface area contributed by atoms with Gasteiger partial charge in [-0.3, -0.25) is 9.48 Å². The van der Waals surface area contributed by atoms with E-state index in [0.29, 0.717) is 5.92 Å². The fourth-order valence-electron chi connectivity index (χ4n) is 2.18. The molecular formula is C12H20N4O. The lowest BCUT2D eigenvalue weighted by atomic mass is 9.97. The Morgan fingerprint density at radius 1 is 1.59 bits per heavy atom. The van der Waals surface area contributed by atoms with Gasteiger partial charge in [0.2, 0.25) is 5.91 Å². The zero-order valence-electron chi connectivity index (χ0n) is 10.2. The monoisotopic (exact) mass is 236 g/mol. The van der Waals surface area contributed by atoms with Gasteiger partial charge in [-0.2, -0.15) is 5.10 Å². The van der Waals surface area contributed by atoms with Crippen LogP contribution in [0.25, 0.3) is 0 Å². The molecule has 1 aliphatic heterocycles. The Morgan fingerprint density at radius 2 is 2.47 bits per heavy atom. The summed E-state index contributed by atoms with van der Waals surface area (Å²) in [5, 5.41) is 10.4. The van der Waals surface area contributed by atoms with Crippen LogP contribution in [0.3, 0.4) is 0 Å². The number of amides is 1. The van der Waals surface area contributed by atoms with Crippen LogP contribution >= 0.6 is 0 Å². The molecule has 0 spiro atoms. The molecular weight excluding hydrogens is 216 g/mol. The fraction of sp³-hybridized carbons (Fsp3) is 0.667. The largest absolute Gasteiger partial charge is 0.356 e. The Balaban J connectivity index is 1.63. The average molecular weight is 236 g/mol. The fourth-order valence-corrected chi connectivity index (χ4v) is 2.18. The highest BCUT2D eigenvalue weighted by molar-refractivity contribution is 5.79. The summed E-state index contributed by atoms with van der Waals surface area (Å²) < 4.78 is 1.88. The van der Waals surface area contributed by atoms with Crippen molar-refractivity contribution in [1.82, 2.24) is 20.4 Å². The molecule has 0 aromatic carbocycles. The van der Waals surface area contributed by atoms with Crippen molar-refractivity contribution in [2.75, 3.05) is 19.6 Å². The number of hydrogen-bond donors (Lipinski definition) is 2. The van der Waals surface area contributed by atoms with E-state index in [0.717, 1.165) is 32.6 Å². The molecule has 2 unspecified atom stereocenters. The number of aromatic nitrogens is 2. The summed E-state index contributed by atoms with van der Waals surface area (Å²) in [6.45, 7) is 5.46. The minimum Gasteiger partial charge on any atom is -0.356 e. The number of carbonyl (C=O) groups excluding carboxylic acids is 1. The van der Waals surface area contributed by atoms with Crippen molar-refractivity contribution >= 4 is 5.91 Å². The summed E-state index contributed by atoms with van der Waals surface area (Å²) in [5.41, 5.74) is 0. The molecule has 2 atom stereocenters. The molecule has 1 amide bonds. The Morgan fingerprint density at radius 3 is 3.12 bits per heavy atom. The third kappa shape index (κ3) is 3.30. The molecule has 2 rings (SSSR count). The second-order valence-electron chi connectivity index (χ2n) is 4.66. The lowest BCUT2D eigenvalue weighted by Gasteiger charge is -2.14. The first-order valence-electron chi connectivity index (χ1n) is 6.23. The van der Waals surface area contributed by atoms with Crippen LogP contribution in [-0.4, -0.2) is 35.3 Å². The van der Waals surface area contributed by atoms with Crippen molar-refractivity contribution in [1.29, 1.82) is 0 Å². The minimum atomic E-state index is 0.139. The van der Waals surface area contributed by atoms with E-state index < -0.39 is 0 Å². The summed E-state index contributed by atoms with van der Waals surface area (Å²) in [6.07, 6.45) is 4.62. The van der Waals surface area contributed by atoms with Crippen LogP contribution in [0.15, 0.2) is 18.5 Å². The molecule has 0 aliphatic carbocycles. The van der Waals surface area contributed by atoms with Gasteiger partial charge in [-0.05, 0) is 24.9 Å². The lowest BCUT2D eigenvalue weighted by Crippen LogP contribution is -2.35. The lowest BCUT2D eigenvalue weighted by molar-refractivity contribution is -0.125. The maximum atomic E-state index is 11.8. The van der Waals surface area contributed by atoms with E-state index in [-0.39, 0.29) is 11.8 Å². The van der Waals surface area contributed by atoms with E-state index in [4.69, 9.17) is 0 Å². The summed E-state index contributed by atoms with van der Waals surface area (Å²) in [6, 6.07) is 1.91. The Hall–Kier alpha value is -1.36. The van der Waals surface area contributed by atoms with Crippen LogP contribution in [0.4, 0.5) is 0 Å². The molecule has 94 valence electrons. The van der Waals surface area contributed by atoms with Crippen molar-refractivity contribution in [3.63, 3.8) is 0 Å². The van der Waals surface area contributed by atoms with Gasteiger partial charge in [-0.25, -0.2) is 0 Å². The Kier molecular flexibility index (Phi) is 4.14. The molecule has 1 aliphatic rings. The minimum absolute atomic E-state index is 0.139. The van der Waals surface area contributed by atoms with Gasteiger partial charge in [0.15, 0.2) is 0 Å². The van der Waals surface area contributed by atoms with Crippen molar-refractivity contribution < 1.29 is 4.79 Å². The third-order valence-electron chi connectivity index (χ3n) is 3.28. The quantitative estimate of drug-likeness (QED) is 0.720. The molecule has 17 heavy (non-hydrogen) atoms. The summed E-state index contributed by atoms with van der Waals surface area (Å²) in [5.74, 6) is 0.767. The first-order chi connectivity index (χ1) is 8.27. The Bertz CT molecular complexity index is 349. The van der Waals surface area contributed by atoms with E-state index in [9.17, 15) is 4.79 Å². The number of hydrogen-bond acceptors (Lipinski definition) is 3. The van der Waals surface area contributed by atoms with Gasteiger partial charge in [-0.15, -0.1) is 0 Å². The number of nitrogens with zero attached hydrogens (tertiary/aromatic N) is 2. The van der Waals surface area contributed by atoms with Crippen LogP contribution in [0.1, 0.15) is 13.3 Å². The summed E-state index contributed by atoms with van der Waals surface area (Å²) in [7, 11) is 0. The van der Waals surface area contributed by atoms with E-state index >= 15 is 0 Å². The highest BCUT2D eigenvalue weighted by Gasteiger charge is 2.28. The zero-order valence-corrected chi connectivity index (χ0v) is 10.2. The average Bonchev–Trinajstić information content (AvgIpc) is 2.95. The highest BCUT2D eigenvalue weighted by Crippen LogP contribution is 2.15. The number of rotatable bonds is 5. The van der Waals surface area contributed by atoms with Crippen LogP contribution < -0.4 is 10.6 Å². The first kappa shape index (κ1) is 12.1. The Labute approximate surface area is 102 Å². The SMILES string of the molecule is CC1CNCC1C(=O)NCCCn1cccn1. The molecule has 1 saturated heterocycles. The molecule has 0 saturated carbocycles. The predicted molar refractivity (Wildman–Crippen MR) is 65.4 cm³/mol. The number of nitrogens with one attached hydrogen (secondary N) is 2. The third-order valence-corrected chi connectivity index (χ3v) is 3.28. The van der Waals surface area contributed by atoms with Gasteiger partial charge in [0.25, 0.3) is 0 Å². The normalized spacial score (nSPS) is 23.8. The zero-order chi connectivity index (χ0) is 12.1. The molecule has 1 fully saturated rings. The van der Waals surface area contributed by atoms with Gasteiger partial charge in [0.05, 0.1) is 5.92 Å². The second-order valence-corrected chi connectivity index (χ2v) is 4.66. The van der Waals surface area contributed by atoms with E-state index in [2.05, 4.69) is 22.7 Å². The van der Waals surface area contributed by atoms with Gasteiger partial charge >= 0.3 is 0 Å². The first-order valence-corrected chi connectivity index (χ1v) is 6.23. The van der Waals surface area contributed by atoms with Crippen molar-refractivity contribution in [2.24, 2.45) is 11.8 Å².